The first kappa shape index (κ1) is 34.1. The summed E-state index contributed by atoms with van der Waals surface area (Å²) >= 11 is 0. The van der Waals surface area contributed by atoms with Crippen molar-refractivity contribution in [2.24, 2.45) is 0 Å². The van der Waals surface area contributed by atoms with Gasteiger partial charge in [0.05, 0.1) is 22.6 Å². The normalized spacial score (nSPS) is 11.7. The van der Waals surface area contributed by atoms with Gasteiger partial charge in [-0.25, -0.2) is 4.98 Å². The van der Waals surface area contributed by atoms with Crippen LogP contribution >= 0.6 is 0 Å². The molecule has 0 aliphatic heterocycles. The lowest BCUT2D eigenvalue weighted by atomic mass is 9.92. The third-order valence-electron chi connectivity index (χ3n) is 12.1. The maximum Gasteiger partial charge on any atom is 0.137 e. The zero-order valence-corrected chi connectivity index (χ0v) is 32.7. The molecule has 12 rings (SSSR count). The summed E-state index contributed by atoms with van der Waals surface area (Å²) in [5, 5.41) is 8.72. The number of hydrogen-bond acceptors (Lipinski definition) is 1. The second-order valence-corrected chi connectivity index (χ2v) is 15.6. The molecule has 60 heavy (non-hydrogen) atoms. The Bertz CT molecular complexity index is 3560. The van der Waals surface area contributed by atoms with Crippen molar-refractivity contribution in [2.45, 2.75) is 0 Å². The molecule has 0 saturated heterocycles. The largest absolute Gasteiger partial charge is 0.309 e. The lowest BCUT2D eigenvalue weighted by molar-refractivity contribution is 1.13. The molecular weight excluding hydrogens is 727 g/mol. The highest BCUT2D eigenvalue weighted by atomic mass is 15.0. The van der Waals surface area contributed by atoms with Crippen molar-refractivity contribution in [1.29, 1.82) is 0 Å². The number of pyridine rings is 1. The zero-order valence-electron chi connectivity index (χ0n) is 32.7. The molecule has 3 aromatic heterocycles. The smallest absolute Gasteiger partial charge is 0.137 e. The molecule has 0 fully saturated rings. The van der Waals surface area contributed by atoms with E-state index >= 15 is 0 Å². The first-order valence-corrected chi connectivity index (χ1v) is 20.5. The molecule has 280 valence electrons. The number of rotatable bonds is 6. The highest BCUT2D eigenvalue weighted by Crippen LogP contribution is 2.47. The summed E-state index contributed by atoms with van der Waals surface area (Å²) < 4.78 is 4.67. The van der Waals surface area contributed by atoms with Gasteiger partial charge in [-0.15, -0.1) is 0 Å². The third-order valence-corrected chi connectivity index (χ3v) is 12.1. The molecule has 12 aromatic rings. The van der Waals surface area contributed by atoms with Crippen LogP contribution < -0.4 is 0 Å². The number of fused-ring (bicyclic) bond motifs is 7. The van der Waals surface area contributed by atoms with Crippen LogP contribution in [0.5, 0.6) is 0 Å². The third kappa shape index (κ3) is 5.48. The SMILES string of the molecule is c1ccc(-c2nc3ccccn3c2-c2ccc(-n3c(-c4ccccc4)c(-c4ccccc4)c4c5ccc6cc(-c7ccc8ccccc8c7)ccc6c5ccc43)cc2)cc1. The fourth-order valence-electron chi connectivity index (χ4n) is 9.34. The molecule has 0 N–H and O–H groups in total. The van der Waals surface area contributed by atoms with Gasteiger partial charge in [0, 0.05) is 34.0 Å². The van der Waals surface area contributed by atoms with Crippen molar-refractivity contribution < 1.29 is 0 Å². The van der Waals surface area contributed by atoms with E-state index in [4.69, 9.17) is 4.98 Å². The van der Waals surface area contributed by atoms with Crippen molar-refractivity contribution in [3.05, 3.63) is 225 Å². The molecule has 0 atom stereocenters. The fourth-order valence-corrected chi connectivity index (χ4v) is 9.34. The van der Waals surface area contributed by atoms with E-state index in [1.807, 2.05) is 6.07 Å². The highest BCUT2D eigenvalue weighted by molar-refractivity contribution is 6.23. The molecule has 0 saturated carbocycles. The zero-order chi connectivity index (χ0) is 39.6. The summed E-state index contributed by atoms with van der Waals surface area (Å²) in [5.41, 5.74) is 14.6. The highest BCUT2D eigenvalue weighted by Gasteiger charge is 2.24. The van der Waals surface area contributed by atoms with Gasteiger partial charge in [0.1, 0.15) is 5.65 Å². The van der Waals surface area contributed by atoms with Crippen molar-refractivity contribution in [1.82, 2.24) is 14.0 Å². The number of hydrogen-bond donors (Lipinski definition) is 0. The number of nitrogens with zero attached hydrogens (tertiary/aromatic N) is 3. The van der Waals surface area contributed by atoms with Gasteiger partial charge in [-0.05, 0) is 97.0 Å². The molecule has 0 radical (unpaired) electrons. The van der Waals surface area contributed by atoms with Gasteiger partial charge in [-0.2, -0.15) is 0 Å². The summed E-state index contributed by atoms with van der Waals surface area (Å²) in [6, 6.07) is 79.1. The van der Waals surface area contributed by atoms with Gasteiger partial charge in [-0.1, -0.05) is 176 Å². The van der Waals surface area contributed by atoms with Crippen LogP contribution in [-0.4, -0.2) is 14.0 Å². The van der Waals surface area contributed by atoms with Crippen LogP contribution in [0.3, 0.4) is 0 Å². The summed E-state index contributed by atoms with van der Waals surface area (Å²) in [5.74, 6) is 0. The van der Waals surface area contributed by atoms with E-state index in [9.17, 15) is 0 Å². The molecule has 0 unspecified atom stereocenters. The van der Waals surface area contributed by atoms with E-state index in [0.717, 1.165) is 33.8 Å². The second kappa shape index (κ2) is 13.8. The Labute approximate surface area is 347 Å². The Morgan fingerprint density at radius 2 is 0.917 bits per heavy atom. The second-order valence-electron chi connectivity index (χ2n) is 15.6. The average molecular weight is 764 g/mol. The molecule has 3 nitrogen and oxygen atoms in total. The molecule has 3 heteroatoms. The summed E-state index contributed by atoms with van der Waals surface area (Å²) in [6.07, 6.45) is 2.11. The van der Waals surface area contributed by atoms with E-state index in [1.54, 1.807) is 0 Å². The topological polar surface area (TPSA) is 22.2 Å². The van der Waals surface area contributed by atoms with Crippen molar-refractivity contribution >= 4 is 48.9 Å². The number of aromatic nitrogens is 3. The maximum absolute atomic E-state index is 5.11. The van der Waals surface area contributed by atoms with Crippen LogP contribution in [0.15, 0.2) is 225 Å². The Hall–Kier alpha value is -8.01. The van der Waals surface area contributed by atoms with E-state index < -0.39 is 0 Å². The Morgan fingerprint density at radius 3 is 1.68 bits per heavy atom. The standard InChI is InChI=1S/C57H37N3/c1-4-15-39(16-5-1)53-54-50-32-28-46-37-45(44-24-23-38-14-10-11-21-43(38)36-44)27-31-48(46)49(50)33-34-51(54)60(56(53)41-19-8-3-9-20-41)47-29-25-42(26-30-47)57-55(40-17-6-2-7-18-40)58-52-22-12-13-35-59(52)57/h1-37H. The van der Waals surface area contributed by atoms with Crippen molar-refractivity contribution in [2.75, 3.05) is 0 Å². The summed E-state index contributed by atoms with van der Waals surface area (Å²) in [7, 11) is 0. The Morgan fingerprint density at radius 1 is 0.350 bits per heavy atom. The molecule has 0 bridgehead atoms. The predicted octanol–water partition coefficient (Wildman–Crippen LogP) is 15.1. The summed E-state index contributed by atoms with van der Waals surface area (Å²) in [4.78, 5) is 5.11. The van der Waals surface area contributed by atoms with Crippen LogP contribution in [0.4, 0.5) is 0 Å². The number of benzene rings is 9. The molecule has 3 heterocycles. The van der Waals surface area contributed by atoms with Crippen LogP contribution in [-0.2, 0) is 0 Å². The van der Waals surface area contributed by atoms with E-state index in [2.05, 4.69) is 227 Å². The first-order chi connectivity index (χ1) is 29.8. The van der Waals surface area contributed by atoms with E-state index in [1.165, 1.54) is 76.7 Å². The van der Waals surface area contributed by atoms with Gasteiger partial charge >= 0.3 is 0 Å². The van der Waals surface area contributed by atoms with Crippen LogP contribution in [0, 0.1) is 0 Å². The lowest BCUT2D eigenvalue weighted by Crippen LogP contribution is -1.98. The molecule has 0 aliphatic rings. The maximum atomic E-state index is 5.11. The first-order valence-electron chi connectivity index (χ1n) is 20.5. The van der Waals surface area contributed by atoms with Gasteiger partial charge in [0.15, 0.2) is 0 Å². The van der Waals surface area contributed by atoms with Crippen LogP contribution in [0.2, 0.25) is 0 Å². The van der Waals surface area contributed by atoms with Crippen LogP contribution in [0.1, 0.15) is 0 Å². The summed E-state index contributed by atoms with van der Waals surface area (Å²) in [6.45, 7) is 0. The minimum Gasteiger partial charge on any atom is -0.309 e. The quantitative estimate of drug-likeness (QED) is 0.155. The number of imidazole rings is 1. The average Bonchev–Trinajstić information content (AvgIpc) is 3.89. The molecule has 0 amide bonds. The molecular formula is C57H37N3. The lowest BCUT2D eigenvalue weighted by Gasteiger charge is -2.14. The minimum absolute atomic E-state index is 0.926. The van der Waals surface area contributed by atoms with Crippen molar-refractivity contribution in [3.63, 3.8) is 0 Å². The fraction of sp³-hybridized carbons (Fsp3) is 0. The van der Waals surface area contributed by atoms with Gasteiger partial charge in [0.2, 0.25) is 0 Å². The van der Waals surface area contributed by atoms with Gasteiger partial charge in [-0.3, -0.25) is 4.40 Å². The molecule has 0 spiro atoms. The Kier molecular flexibility index (Phi) is 7.85. The van der Waals surface area contributed by atoms with Gasteiger partial charge < -0.3 is 4.57 Å². The monoisotopic (exact) mass is 763 g/mol. The van der Waals surface area contributed by atoms with Gasteiger partial charge in [0.25, 0.3) is 0 Å². The molecule has 0 aliphatic carbocycles. The van der Waals surface area contributed by atoms with E-state index in [0.29, 0.717) is 0 Å². The van der Waals surface area contributed by atoms with Crippen molar-refractivity contribution in [3.8, 4) is 61.7 Å². The predicted molar refractivity (Wildman–Crippen MR) is 252 cm³/mol. The Balaban J connectivity index is 1.08. The van der Waals surface area contributed by atoms with E-state index in [-0.39, 0.29) is 0 Å². The molecule has 9 aromatic carbocycles. The van der Waals surface area contributed by atoms with Crippen LogP contribution in [0.25, 0.3) is 111 Å². The minimum atomic E-state index is 0.926.